The summed E-state index contributed by atoms with van der Waals surface area (Å²) in [6, 6.07) is 0. The van der Waals surface area contributed by atoms with E-state index < -0.39 is 15.4 Å². The second-order valence-electron chi connectivity index (χ2n) is 6.13. The van der Waals surface area contributed by atoms with Crippen LogP contribution in [0.4, 0.5) is 0 Å². The summed E-state index contributed by atoms with van der Waals surface area (Å²) in [6.07, 6.45) is 2.47. The van der Waals surface area contributed by atoms with Gasteiger partial charge in [-0.2, -0.15) is 21.0 Å². The third-order valence-corrected chi connectivity index (χ3v) is 7.73. The monoisotopic (exact) mass is 248 g/mol. The van der Waals surface area contributed by atoms with Crippen LogP contribution >= 0.6 is 12.6 Å². The van der Waals surface area contributed by atoms with Crippen LogP contribution in [0.1, 0.15) is 33.1 Å². The molecule has 0 aromatic carbocycles. The Morgan fingerprint density at radius 2 is 1.93 bits per heavy atom. The lowest BCUT2D eigenvalue weighted by Gasteiger charge is -2.33. The molecule has 3 aliphatic rings. The molecule has 15 heavy (non-hydrogen) atoms. The van der Waals surface area contributed by atoms with Gasteiger partial charge in [0.15, 0.2) is 0 Å². The van der Waals surface area contributed by atoms with Crippen LogP contribution in [-0.2, 0) is 10.1 Å². The molecule has 3 rings (SSSR count). The minimum absolute atomic E-state index is 0.00397. The van der Waals surface area contributed by atoms with E-state index in [-0.39, 0.29) is 15.6 Å². The Morgan fingerprint density at radius 3 is 2.33 bits per heavy atom. The van der Waals surface area contributed by atoms with Gasteiger partial charge in [0.05, 0.1) is 5.25 Å². The molecular formula is C10H16O3S2. The van der Waals surface area contributed by atoms with Crippen molar-refractivity contribution in [3.63, 3.8) is 0 Å². The van der Waals surface area contributed by atoms with Gasteiger partial charge in [0.25, 0.3) is 10.1 Å². The van der Waals surface area contributed by atoms with Crippen LogP contribution in [0.2, 0.25) is 0 Å². The van der Waals surface area contributed by atoms with Gasteiger partial charge in [0.2, 0.25) is 0 Å². The molecule has 0 aliphatic heterocycles. The maximum absolute atomic E-state index is 11.4. The molecule has 3 nitrogen and oxygen atoms in total. The van der Waals surface area contributed by atoms with Gasteiger partial charge in [-0.15, -0.1) is 0 Å². The van der Waals surface area contributed by atoms with Gasteiger partial charge in [-0.25, -0.2) is 0 Å². The summed E-state index contributed by atoms with van der Waals surface area (Å²) in [5.41, 5.74) is -0.250. The first kappa shape index (κ1) is 10.4. The number of rotatable bonds is 1. The summed E-state index contributed by atoms with van der Waals surface area (Å²) in [7, 11) is -3.90. The zero-order valence-electron chi connectivity index (χ0n) is 8.90. The maximum atomic E-state index is 11.4. The van der Waals surface area contributed by atoms with Gasteiger partial charge in [-0.3, -0.25) is 4.55 Å². The van der Waals surface area contributed by atoms with Crippen molar-refractivity contribution < 1.29 is 13.0 Å². The molecule has 2 bridgehead atoms. The highest BCUT2D eigenvalue weighted by Gasteiger charge is 2.81. The Labute approximate surface area is 95.8 Å². The molecule has 0 spiro atoms. The van der Waals surface area contributed by atoms with E-state index in [1.54, 1.807) is 0 Å². The van der Waals surface area contributed by atoms with Gasteiger partial charge in [-0.05, 0) is 36.0 Å². The van der Waals surface area contributed by atoms with Crippen molar-refractivity contribution >= 4 is 22.7 Å². The molecule has 0 radical (unpaired) electrons. The highest BCUT2D eigenvalue weighted by atomic mass is 32.2. The summed E-state index contributed by atoms with van der Waals surface area (Å²) < 4.78 is 32.1. The molecule has 0 saturated heterocycles. The highest BCUT2D eigenvalue weighted by molar-refractivity contribution is 7.86. The Bertz CT molecular complexity index is 446. The molecular weight excluding hydrogens is 232 g/mol. The van der Waals surface area contributed by atoms with Crippen LogP contribution in [0.5, 0.6) is 0 Å². The first-order valence-electron chi connectivity index (χ1n) is 5.32. The minimum atomic E-state index is -3.90. The van der Waals surface area contributed by atoms with Crippen LogP contribution in [-0.4, -0.2) is 23.0 Å². The van der Waals surface area contributed by atoms with Crippen LogP contribution in [0.25, 0.3) is 0 Å². The average molecular weight is 248 g/mol. The number of thiol groups is 1. The predicted molar refractivity (Wildman–Crippen MR) is 60.6 cm³/mol. The largest absolute Gasteiger partial charge is 0.285 e. The summed E-state index contributed by atoms with van der Waals surface area (Å²) in [6.45, 7) is 4.13. The molecule has 3 saturated carbocycles. The van der Waals surface area contributed by atoms with Crippen molar-refractivity contribution in [3.8, 4) is 0 Å². The fourth-order valence-corrected chi connectivity index (χ4v) is 6.64. The van der Waals surface area contributed by atoms with Crippen molar-refractivity contribution in [2.45, 2.75) is 43.1 Å². The number of hydrogen-bond acceptors (Lipinski definition) is 3. The van der Waals surface area contributed by atoms with E-state index in [1.165, 1.54) is 0 Å². The summed E-state index contributed by atoms with van der Waals surface area (Å²) in [5, 5.41) is -0.567. The lowest BCUT2D eigenvalue weighted by molar-refractivity contribution is 0.286. The van der Waals surface area contributed by atoms with Crippen LogP contribution in [0.3, 0.4) is 0 Å². The van der Waals surface area contributed by atoms with Gasteiger partial charge in [0.1, 0.15) is 0 Å². The van der Waals surface area contributed by atoms with Crippen molar-refractivity contribution in [3.05, 3.63) is 0 Å². The standard InChI is InChI=1S/C10H16O3S2/c1-8-4-7(15(11,12)13)9(2,5-8)6-3-10(6,8)14/h6-7,14H,3-5H2,1-2H3,(H,11,12,13). The van der Waals surface area contributed by atoms with Crippen molar-refractivity contribution in [1.82, 2.24) is 0 Å². The first-order chi connectivity index (χ1) is 6.64. The normalized spacial score (nSPS) is 61.9. The van der Waals surface area contributed by atoms with Gasteiger partial charge < -0.3 is 0 Å². The fraction of sp³-hybridized carbons (Fsp3) is 1.00. The van der Waals surface area contributed by atoms with E-state index in [4.69, 9.17) is 12.6 Å². The fourth-order valence-electron chi connectivity index (χ4n) is 4.49. The van der Waals surface area contributed by atoms with E-state index >= 15 is 0 Å². The molecule has 5 heteroatoms. The SMILES string of the molecule is CC12CC(C)(CC1S(=O)(=O)O)C1(S)CC21. The summed E-state index contributed by atoms with van der Waals surface area (Å²) in [4.78, 5) is 0. The minimum Gasteiger partial charge on any atom is -0.285 e. The molecule has 0 aromatic heterocycles. The Hall–Kier alpha value is 0.260. The van der Waals surface area contributed by atoms with Gasteiger partial charge in [-0.1, -0.05) is 13.8 Å². The Kier molecular flexibility index (Phi) is 1.57. The Balaban J connectivity index is 2.10. The molecule has 0 aromatic rings. The summed E-state index contributed by atoms with van der Waals surface area (Å²) in [5.74, 6) is 0.374. The molecule has 86 valence electrons. The molecule has 1 N–H and O–H groups in total. The molecule has 3 fully saturated rings. The zero-order valence-corrected chi connectivity index (χ0v) is 10.6. The van der Waals surface area contributed by atoms with E-state index in [0.29, 0.717) is 12.3 Å². The number of fused-ring (bicyclic) bond motifs is 5. The van der Waals surface area contributed by atoms with Crippen molar-refractivity contribution in [1.29, 1.82) is 0 Å². The van der Waals surface area contributed by atoms with E-state index in [9.17, 15) is 13.0 Å². The molecule has 3 aliphatic carbocycles. The molecule has 0 heterocycles. The third kappa shape index (κ3) is 0.960. The topological polar surface area (TPSA) is 54.4 Å². The Morgan fingerprint density at radius 1 is 1.33 bits per heavy atom. The number of hydrogen-bond donors (Lipinski definition) is 2. The van der Waals surface area contributed by atoms with Crippen LogP contribution in [0.15, 0.2) is 0 Å². The molecule has 5 atom stereocenters. The van der Waals surface area contributed by atoms with E-state index in [0.717, 1.165) is 12.8 Å². The quantitative estimate of drug-likeness (QED) is 0.549. The third-order valence-electron chi connectivity index (χ3n) is 5.27. The highest BCUT2D eigenvalue weighted by Crippen LogP contribution is 2.82. The predicted octanol–water partition coefficient (Wildman–Crippen LogP) is 1.75. The zero-order chi connectivity index (χ0) is 11.3. The summed E-state index contributed by atoms with van der Waals surface area (Å²) >= 11 is 4.73. The van der Waals surface area contributed by atoms with Crippen molar-refractivity contribution in [2.75, 3.05) is 0 Å². The first-order valence-corrected chi connectivity index (χ1v) is 7.27. The molecule has 5 unspecified atom stereocenters. The second kappa shape index (κ2) is 2.27. The van der Waals surface area contributed by atoms with Gasteiger partial charge >= 0.3 is 0 Å². The van der Waals surface area contributed by atoms with Crippen LogP contribution in [0, 0.1) is 16.7 Å². The smallest absolute Gasteiger partial charge is 0.268 e. The van der Waals surface area contributed by atoms with Crippen molar-refractivity contribution in [2.24, 2.45) is 16.7 Å². The van der Waals surface area contributed by atoms with E-state index in [2.05, 4.69) is 6.92 Å². The lowest BCUT2D eigenvalue weighted by atomic mass is 9.83. The molecule has 0 amide bonds. The van der Waals surface area contributed by atoms with E-state index in [1.807, 2.05) is 6.92 Å². The van der Waals surface area contributed by atoms with Gasteiger partial charge in [0, 0.05) is 4.75 Å². The van der Waals surface area contributed by atoms with Crippen LogP contribution < -0.4 is 0 Å². The average Bonchev–Trinajstić information content (AvgIpc) is 2.61. The maximum Gasteiger partial charge on any atom is 0.268 e. The second-order valence-corrected chi connectivity index (χ2v) is 8.53. The lowest BCUT2D eigenvalue weighted by Crippen LogP contribution is -2.40.